The molecule has 0 amide bonds. The zero-order valence-corrected chi connectivity index (χ0v) is 14.6. The molecule has 0 aliphatic heterocycles. The van der Waals surface area contributed by atoms with Gasteiger partial charge in [0.25, 0.3) is 10.0 Å². The quantitative estimate of drug-likeness (QED) is 0.772. The summed E-state index contributed by atoms with van der Waals surface area (Å²) in [6, 6.07) is 0.0147. The van der Waals surface area contributed by atoms with Crippen molar-refractivity contribution < 1.29 is 8.42 Å². The zero-order chi connectivity index (χ0) is 14.9. The highest BCUT2D eigenvalue weighted by molar-refractivity contribution is 9.09. The van der Waals surface area contributed by atoms with Gasteiger partial charge in [-0.1, -0.05) is 28.8 Å². The van der Waals surface area contributed by atoms with Crippen LogP contribution in [-0.4, -0.2) is 40.2 Å². The number of aromatic nitrogens is 2. The Hall–Kier alpha value is -0.400. The van der Waals surface area contributed by atoms with Gasteiger partial charge in [-0.2, -0.15) is 4.31 Å². The van der Waals surface area contributed by atoms with E-state index in [2.05, 4.69) is 20.9 Å². The zero-order valence-electron chi connectivity index (χ0n) is 12.2. The minimum absolute atomic E-state index is 0.0147. The van der Waals surface area contributed by atoms with Crippen LogP contribution in [0.1, 0.15) is 38.4 Å². The van der Waals surface area contributed by atoms with Gasteiger partial charge in [0.15, 0.2) is 5.03 Å². The van der Waals surface area contributed by atoms with Gasteiger partial charge in [0.05, 0.1) is 0 Å². The van der Waals surface area contributed by atoms with E-state index >= 15 is 0 Å². The lowest BCUT2D eigenvalue weighted by atomic mass is 9.96. The molecule has 1 saturated carbocycles. The van der Waals surface area contributed by atoms with Crippen molar-refractivity contribution in [1.29, 1.82) is 0 Å². The predicted octanol–water partition coefficient (Wildman–Crippen LogP) is 2.54. The summed E-state index contributed by atoms with van der Waals surface area (Å²) in [5, 5.41) is 0.157. The van der Waals surface area contributed by atoms with Crippen LogP contribution in [0.25, 0.3) is 0 Å². The van der Waals surface area contributed by atoms with Crippen LogP contribution < -0.4 is 0 Å². The van der Waals surface area contributed by atoms with E-state index < -0.39 is 10.0 Å². The molecule has 1 aliphatic rings. The Morgan fingerprint density at radius 3 is 2.65 bits per heavy atom. The first-order valence-electron chi connectivity index (χ1n) is 7.03. The fraction of sp³-hybridized carbons (Fsp3) is 0.769. The van der Waals surface area contributed by atoms with Crippen LogP contribution in [0.3, 0.4) is 0 Å². The van der Waals surface area contributed by atoms with Crippen molar-refractivity contribution in [2.75, 3.05) is 7.05 Å². The molecule has 1 heterocycles. The van der Waals surface area contributed by atoms with E-state index in [9.17, 15) is 8.42 Å². The van der Waals surface area contributed by atoms with Crippen LogP contribution in [0.2, 0.25) is 0 Å². The van der Waals surface area contributed by atoms with E-state index in [4.69, 9.17) is 0 Å². The highest BCUT2D eigenvalue weighted by Crippen LogP contribution is 2.30. The van der Waals surface area contributed by atoms with Crippen molar-refractivity contribution >= 4 is 26.0 Å². The number of aryl methyl sites for hydroxylation is 2. The molecular formula is C13H22BrN3O2S. The molecule has 0 spiro atoms. The van der Waals surface area contributed by atoms with Gasteiger partial charge in [-0.05, 0) is 26.7 Å². The fourth-order valence-corrected chi connectivity index (χ4v) is 5.24. The third-order valence-electron chi connectivity index (χ3n) is 4.05. The number of sulfonamides is 1. The molecule has 0 bridgehead atoms. The Balaban J connectivity index is 2.28. The average Bonchev–Trinajstić information content (AvgIpc) is 2.80. The smallest absolute Gasteiger partial charge is 0.262 e. The molecule has 20 heavy (non-hydrogen) atoms. The number of rotatable bonds is 4. The summed E-state index contributed by atoms with van der Waals surface area (Å²) >= 11 is 3.62. The van der Waals surface area contributed by atoms with Crippen molar-refractivity contribution in [2.24, 2.45) is 0 Å². The van der Waals surface area contributed by atoms with Gasteiger partial charge in [-0.15, -0.1) is 0 Å². The normalized spacial score (nSPS) is 24.2. The standard InChI is InChI=1S/C13H22BrN3O2S/c1-4-17-9-13(15-10(17)2)20(18,19)16(3)12-8-6-5-7-11(12)14/h9,11-12H,4-8H2,1-3H3. The van der Waals surface area contributed by atoms with Crippen LogP contribution in [0.5, 0.6) is 0 Å². The molecule has 0 radical (unpaired) electrons. The molecule has 2 rings (SSSR count). The molecule has 5 nitrogen and oxygen atoms in total. The SMILES string of the molecule is CCn1cc(S(=O)(=O)N(C)C2CCCCC2Br)nc1C. The van der Waals surface area contributed by atoms with Crippen LogP contribution >= 0.6 is 15.9 Å². The molecule has 114 valence electrons. The summed E-state index contributed by atoms with van der Waals surface area (Å²) in [4.78, 5) is 4.44. The van der Waals surface area contributed by atoms with Crippen LogP contribution in [-0.2, 0) is 16.6 Å². The molecule has 1 aliphatic carbocycles. The van der Waals surface area contributed by atoms with Gasteiger partial charge in [0.2, 0.25) is 0 Å². The van der Waals surface area contributed by atoms with Gasteiger partial charge in [-0.25, -0.2) is 13.4 Å². The molecule has 2 atom stereocenters. The number of imidazole rings is 1. The third kappa shape index (κ3) is 2.94. The summed E-state index contributed by atoms with van der Waals surface area (Å²) in [5.41, 5.74) is 0. The van der Waals surface area contributed by atoms with Gasteiger partial charge in [0, 0.05) is 30.7 Å². The van der Waals surface area contributed by atoms with E-state index in [0.717, 1.165) is 38.1 Å². The number of alkyl halides is 1. The fourth-order valence-electron chi connectivity index (χ4n) is 2.73. The lowest BCUT2D eigenvalue weighted by molar-refractivity contribution is 0.296. The Morgan fingerprint density at radius 2 is 2.10 bits per heavy atom. The Labute approximate surface area is 129 Å². The second kappa shape index (κ2) is 6.15. The largest absolute Gasteiger partial charge is 0.334 e. The van der Waals surface area contributed by atoms with E-state index in [1.54, 1.807) is 13.2 Å². The maximum absolute atomic E-state index is 12.7. The first-order chi connectivity index (χ1) is 9.37. The van der Waals surface area contributed by atoms with Gasteiger partial charge in [0.1, 0.15) is 5.82 Å². The molecule has 0 N–H and O–H groups in total. The van der Waals surface area contributed by atoms with Crippen molar-refractivity contribution in [2.45, 2.75) is 62.0 Å². The number of nitrogens with zero attached hydrogens (tertiary/aromatic N) is 3. The van der Waals surface area contributed by atoms with Gasteiger partial charge < -0.3 is 4.57 Å². The second-order valence-electron chi connectivity index (χ2n) is 5.30. The summed E-state index contributed by atoms with van der Waals surface area (Å²) in [6.07, 6.45) is 5.79. The van der Waals surface area contributed by atoms with Crippen LogP contribution in [0.4, 0.5) is 0 Å². The van der Waals surface area contributed by atoms with E-state index in [-0.39, 0.29) is 15.9 Å². The monoisotopic (exact) mass is 363 g/mol. The van der Waals surface area contributed by atoms with E-state index in [1.807, 2.05) is 18.4 Å². The van der Waals surface area contributed by atoms with Crippen molar-refractivity contribution in [3.63, 3.8) is 0 Å². The third-order valence-corrected chi connectivity index (χ3v) is 6.87. The summed E-state index contributed by atoms with van der Waals surface area (Å²) < 4.78 is 28.7. The lowest BCUT2D eigenvalue weighted by Gasteiger charge is -2.33. The summed E-state index contributed by atoms with van der Waals surface area (Å²) in [5.74, 6) is 0.735. The molecule has 1 aromatic heterocycles. The highest BCUT2D eigenvalue weighted by atomic mass is 79.9. The number of hydrogen-bond acceptors (Lipinski definition) is 3. The Morgan fingerprint density at radius 1 is 1.45 bits per heavy atom. The van der Waals surface area contributed by atoms with Crippen molar-refractivity contribution in [3.05, 3.63) is 12.0 Å². The van der Waals surface area contributed by atoms with E-state index in [0.29, 0.717) is 0 Å². The molecule has 0 saturated heterocycles. The molecular weight excluding hydrogens is 342 g/mol. The summed E-state index contributed by atoms with van der Waals surface area (Å²) in [7, 11) is -1.85. The van der Waals surface area contributed by atoms with E-state index in [1.165, 1.54) is 4.31 Å². The lowest BCUT2D eigenvalue weighted by Crippen LogP contribution is -2.44. The molecule has 0 aromatic carbocycles. The second-order valence-corrected chi connectivity index (χ2v) is 8.42. The van der Waals surface area contributed by atoms with Crippen LogP contribution in [0, 0.1) is 6.92 Å². The number of halogens is 1. The van der Waals surface area contributed by atoms with Crippen molar-refractivity contribution in [1.82, 2.24) is 13.9 Å². The Kier molecular flexibility index (Phi) is 4.92. The first kappa shape index (κ1) is 16.0. The van der Waals surface area contributed by atoms with Crippen molar-refractivity contribution in [3.8, 4) is 0 Å². The predicted molar refractivity (Wildman–Crippen MR) is 82.6 cm³/mol. The Bertz CT molecular complexity index is 570. The maximum Gasteiger partial charge on any atom is 0.262 e. The first-order valence-corrected chi connectivity index (χ1v) is 9.39. The highest BCUT2D eigenvalue weighted by Gasteiger charge is 2.35. The molecule has 2 unspecified atom stereocenters. The van der Waals surface area contributed by atoms with Gasteiger partial charge in [-0.3, -0.25) is 0 Å². The summed E-state index contributed by atoms with van der Waals surface area (Å²) in [6.45, 7) is 4.53. The average molecular weight is 364 g/mol. The number of hydrogen-bond donors (Lipinski definition) is 0. The maximum atomic E-state index is 12.7. The molecule has 7 heteroatoms. The minimum atomic E-state index is -3.51. The topological polar surface area (TPSA) is 55.2 Å². The van der Waals surface area contributed by atoms with Gasteiger partial charge >= 0.3 is 0 Å². The van der Waals surface area contributed by atoms with Crippen LogP contribution in [0.15, 0.2) is 11.2 Å². The molecule has 1 aromatic rings. The minimum Gasteiger partial charge on any atom is -0.334 e. The molecule has 1 fully saturated rings.